The third kappa shape index (κ3) is 3.17. The average Bonchev–Trinajstić information content (AvgIpc) is 2.91. The lowest BCUT2D eigenvalue weighted by Crippen LogP contribution is -2.35. The maximum absolute atomic E-state index is 12.6. The van der Waals surface area contributed by atoms with E-state index in [4.69, 9.17) is 22.7 Å². The van der Waals surface area contributed by atoms with Crippen molar-refractivity contribution in [3.05, 3.63) is 29.8 Å². The molecular formula is C13H18N2O3S2. The normalized spacial score (nSPS) is 19.4. The fourth-order valence-electron chi connectivity index (χ4n) is 2.24. The van der Waals surface area contributed by atoms with Crippen LogP contribution in [-0.4, -0.2) is 44.0 Å². The number of nitrogens with two attached hydrogens (primary N) is 1. The lowest BCUT2D eigenvalue weighted by molar-refractivity contribution is 0.0979. The minimum absolute atomic E-state index is 0.0354. The summed E-state index contributed by atoms with van der Waals surface area (Å²) in [6.45, 7) is 1.04. The molecule has 1 aromatic carbocycles. The summed E-state index contributed by atoms with van der Waals surface area (Å²) in [6, 6.07) is 6.52. The van der Waals surface area contributed by atoms with Gasteiger partial charge in [-0.05, 0) is 18.9 Å². The Morgan fingerprint density at radius 1 is 1.50 bits per heavy atom. The zero-order valence-electron chi connectivity index (χ0n) is 11.3. The molecule has 1 aromatic rings. The molecule has 0 bridgehead atoms. The van der Waals surface area contributed by atoms with Crippen molar-refractivity contribution in [1.29, 1.82) is 0 Å². The van der Waals surface area contributed by atoms with E-state index in [0.29, 0.717) is 18.7 Å². The summed E-state index contributed by atoms with van der Waals surface area (Å²) in [5.74, 6) is 0. The Labute approximate surface area is 124 Å². The molecule has 7 heteroatoms. The summed E-state index contributed by atoms with van der Waals surface area (Å²) in [6.07, 6.45) is 1.82. The van der Waals surface area contributed by atoms with Gasteiger partial charge in [0, 0.05) is 25.8 Å². The van der Waals surface area contributed by atoms with Crippen molar-refractivity contribution in [3.8, 4) is 0 Å². The van der Waals surface area contributed by atoms with Gasteiger partial charge in [-0.3, -0.25) is 0 Å². The summed E-state index contributed by atoms with van der Waals surface area (Å²) in [7, 11) is -2.07. The molecule has 1 unspecified atom stereocenters. The van der Waals surface area contributed by atoms with E-state index < -0.39 is 10.0 Å². The maximum Gasteiger partial charge on any atom is 0.243 e. The fraction of sp³-hybridized carbons (Fsp3) is 0.462. The minimum Gasteiger partial charge on any atom is -0.389 e. The second kappa shape index (κ2) is 6.17. The Hall–Kier alpha value is -1.02. The molecule has 0 spiro atoms. The standard InChI is InChI=1S/C13H18N2O3S2/c1-15(9-10-5-4-8-18-10)20(16,17)12-7-3-2-6-11(12)13(14)19/h2-3,6-7,10H,4-5,8-9H2,1H3,(H2,14,19). The smallest absolute Gasteiger partial charge is 0.243 e. The number of benzene rings is 1. The predicted octanol–water partition coefficient (Wildman–Crippen LogP) is 1.12. The van der Waals surface area contributed by atoms with Crippen molar-refractivity contribution in [2.75, 3.05) is 20.2 Å². The zero-order chi connectivity index (χ0) is 14.8. The van der Waals surface area contributed by atoms with E-state index in [1.807, 2.05) is 0 Å². The number of hydrogen-bond acceptors (Lipinski definition) is 4. The number of thiocarbonyl (C=S) groups is 1. The summed E-state index contributed by atoms with van der Waals surface area (Å²) < 4.78 is 32.0. The molecule has 1 heterocycles. The van der Waals surface area contributed by atoms with E-state index in [2.05, 4.69) is 0 Å². The zero-order valence-corrected chi connectivity index (χ0v) is 12.9. The van der Waals surface area contributed by atoms with Crippen LogP contribution in [0.25, 0.3) is 0 Å². The van der Waals surface area contributed by atoms with Crippen LogP contribution in [0.3, 0.4) is 0 Å². The molecular weight excluding hydrogens is 296 g/mol. The monoisotopic (exact) mass is 314 g/mol. The molecule has 1 saturated heterocycles. The van der Waals surface area contributed by atoms with Crippen molar-refractivity contribution >= 4 is 27.2 Å². The SMILES string of the molecule is CN(CC1CCCO1)S(=O)(=O)c1ccccc1C(N)=S. The molecule has 0 saturated carbocycles. The van der Waals surface area contributed by atoms with E-state index in [0.717, 1.165) is 12.8 Å². The van der Waals surface area contributed by atoms with Gasteiger partial charge >= 0.3 is 0 Å². The van der Waals surface area contributed by atoms with Crippen LogP contribution in [0.1, 0.15) is 18.4 Å². The van der Waals surface area contributed by atoms with Crippen LogP contribution in [-0.2, 0) is 14.8 Å². The molecule has 1 aliphatic rings. The van der Waals surface area contributed by atoms with Gasteiger partial charge in [0.25, 0.3) is 0 Å². The predicted molar refractivity (Wildman–Crippen MR) is 81.1 cm³/mol. The quantitative estimate of drug-likeness (QED) is 0.825. The Bertz CT molecular complexity index is 595. The Kier molecular flexibility index (Phi) is 4.74. The van der Waals surface area contributed by atoms with Crippen LogP contribution < -0.4 is 5.73 Å². The van der Waals surface area contributed by atoms with Crippen LogP contribution >= 0.6 is 12.2 Å². The maximum atomic E-state index is 12.6. The van der Waals surface area contributed by atoms with Crippen molar-refractivity contribution < 1.29 is 13.2 Å². The molecule has 1 atom stereocenters. The second-order valence-corrected chi connectivity index (χ2v) is 7.23. The Morgan fingerprint density at radius 2 is 2.20 bits per heavy atom. The van der Waals surface area contributed by atoms with Gasteiger partial charge in [0.1, 0.15) is 4.99 Å². The molecule has 2 N–H and O–H groups in total. The van der Waals surface area contributed by atoms with Gasteiger partial charge in [-0.2, -0.15) is 4.31 Å². The molecule has 5 nitrogen and oxygen atoms in total. The number of rotatable bonds is 5. The van der Waals surface area contributed by atoms with Gasteiger partial charge in [0.2, 0.25) is 10.0 Å². The highest BCUT2D eigenvalue weighted by atomic mass is 32.2. The summed E-state index contributed by atoms with van der Waals surface area (Å²) in [5.41, 5.74) is 5.98. The van der Waals surface area contributed by atoms with Crippen LogP contribution in [0.15, 0.2) is 29.2 Å². The van der Waals surface area contributed by atoms with Gasteiger partial charge in [0.15, 0.2) is 0 Å². The molecule has 0 aromatic heterocycles. The van der Waals surface area contributed by atoms with Gasteiger partial charge in [-0.25, -0.2) is 8.42 Å². The van der Waals surface area contributed by atoms with Gasteiger partial charge in [0.05, 0.1) is 11.0 Å². The Balaban J connectivity index is 2.27. The van der Waals surface area contributed by atoms with Gasteiger partial charge in [-0.15, -0.1) is 0 Å². The highest BCUT2D eigenvalue weighted by molar-refractivity contribution is 7.89. The number of ether oxygens (including phenoxy) is 1. The average molecular weight is 314 g/mol. The molecule has 2 rings (SSSR count). The molecule has 1 aliphatic heterocycles. The van der Waals surface area contributed by atoms with Gasteiger partial charge < -0.3 is 10.5 Å². The van der Waals surface area contributed by atoms with E-state index in [9.17, 15) is 8.42 Å². The first-order chi connectivity index (χ1) is 9.43. The number of sulfonamides is 1. The third-order valence-corrected chi connectivity index (χ3v) is 5.43. The van der Waals surface area contributed by atoms with Crippen molar-refractivity contribution in [2.24, 2.45) is 5.73 Å². The largest absolute Gasteiger partial charge is 0.389 e. The highest BCUT2D eigenvalue weighted by Crippen LogP contribution is 2.21. The number of hydrogen-bond donors (Lipinski definition) is 1. The molecule has 0 amide bonds. The summed E-state index contributed by atoms with van der Waals surface area (Å²) >= 11 is 4.92. The minimum atomic E-state index is -3.62. The van der Waals surface area contributed by atoms with E-state index in [-0.39, 0.29) is 16.0 Å². The van der Waals surface area contributed by atoms with E-state index >= 15 is 0 Å². The van der Waals surface area contributed by atoms with Crippen molar-refractivity contribution in [1.82, 2.24) is 4.31 Å². The van der Waals surface area contributed by atoms with E-state index in [1.54, 1.807) is 25.2 Å². The number of likely N-dealkylation sites (N-methyl/N-ethyl adjacent to an activating group) is 1. The van der Waals surface area contributed by atoms with Crippen molar-refractivity contribution in [2.45, 2.75) is 23.8 Å². The third-order valence-electron chi connectivity index (χ3n) is 3.33. The first kappa shape index (κ1) is 15.4. The summed E-state index contributed by atoms with van der Waals surface area (Å²) in [4.78, 5) is 0.225. The molecule has 1 fully saturated rings. The first-order valence-electron chi connectivity index (χ1n) is 6.39. The first-order valence-corrected chi connectivity index (χ1v) is 8.24. The second-order valence-electron chi connectivity index (χ2n) is 4.78. The molecule has 0 radical (unpaired) electrons. The highest BCUT2D eigenvalue weighted by Gasteiger charge is 2.28. The Morgan fingerprint density at radius 3 is 2.80 bits per heavy atom. The van der Waals surface area contributed by atoms with Crippen LogP contribution in [0.4, 0.5) is 0 Å². The van der Waals surface area contributed by atoms with Gasteiger partial charge in [-0.1, -0.05) is 30.4 Å². The van der Waals surface area contributed by atoms with Crippen LogP contribution in [0.5, 0.6) is 0 Å². The van der Waals surface area contributed by atoms with E-state index in [1.165, 1.54) is 10.4 Å². The molecule has 20 heavy (non-hydrogen) atoms. The summed E-state index contributed by atoms with van der Waals surface area (Å²) in [5, 5.41) is 0. The molecule has 110 valence electrons. The van der Waals surface area contributed by atoms with Crippen LogP contribution in [0, 0.1) is 0 Å². The lowest BCUT2D eigenvalue weighted by Gasteiger charge is -2.21. The fourth-order valence-corrected chi connectivity index (χ4v) is 3.88. The van der Waals surface area contributed by atoms with Crippen molar-refractivity contribution in [3.63, 3.8) is 0 Å². The van der Waals surface area contributed by atoms with Crippen LogP contribution in [0.2, 0.25) is 0 Å². The number of nitrogens with zero attached hydrogens (tertiary/aromatic N) is 1. The molecule has 0 aliphatic carbocycles. The lowest BCUT2D eigenvalue weighted by atomic mass is 10.2. The topological polar surface area (TPSA) is 72.6 Å².